The third kappa shape index (κ3) is 4.72. The minimum absolute atomic E-state index is 0. The predicted molar refractivity (Wildman–Crippen MR) is 61.3 cm³/mol. The van der Waals surface area contributed by atoms with Crippen molar-refractivity contribution in [1.82, 2.24) is 4.90 Å². The van der Waals surface area contributed by atoms with E-state index in [9.17, 15) is 9.59 Å². The Balaban J connectivity index is 0.00000256. The van der Waals surface area contributed by atoms with Gasteiger partial charge in [0, 0.05) is 31.5 Å². The van der Waals surface area contributed by atoms with E-state index in [0.717, 1.165) is 12.8 Å². The fourth-order valence-electron chi connectivity index (χ4n) is 1.88. The van der Waals surface area contributed by atoms with Crippen LogP contribution in [0, 0.1) is 0 Å². The van der Waals surface area contributed by atoms with Crippen LogP contribution in [0.25, 0.3) is 0 Å². The van der Waals surface area contributed by atoms with Crippen molar-refractivity contribution >= 4 is 11.9 Å². The minimum Gasteiger partial charge on any atom is -0.444 e. The van der Waals surface area contributed by atoms with E-state index in [1.807, 2.05) is 27.7 Å². The zero-order valence-corrected chi connectivity index (χ0v) is 12.4. The Bertz CT molecular complexity index is 286. The van der Waals surface area contributed by atoms with Gasteiger partial charge in [0.1, 0.15) is 5.60 Å². The third-order valence-corrected chi connectivity index (χ3v) is 2.60. The van der Waals surface area contributed by atoms with Gasteiger partial charge in [0.15, 0.2) is 5.78 Å². The van der Waals surface area contributed by atoms with E-state index in [0.29, 0.717) is 13.0 Å². The van der Waals surface area contributed by atoms with Crippen molar-refractivity contribution in [2.24, 2.45) is 0 Å². The third-order valence-electron chi connectivity index (χ3n) is 2.60. The molecule has 0 aromatic rings. The first kappa shape index (κ1) is 16.5. The molecule has 1 fully saturated rings. The molecule has 1 aliphatic rings. The van der Waals surface area contributed by atoms with Gasteiger partial charge in [0.05, 0.1) is 6.04 Å². The maximum Gasteiger partial charge on any atom is 0.410 e. The summed E-state index contributed by atoms with van der Waals surface area (Å²) in [5.74, 6) is 0.128. The Hall–Kier alpha value is -0.476. The van der Waals surface area contributed by atoms with E-state index in [-0.39, 0.29) is 36.5 Å². The SMILES string of the molecule is CCC(=O)C1CCCN1C(=O)OC(C)(C)C.[V]. The molecule has 0 N–H and O–H groups in total. The van der Waals surface area contributed by atoms with E-state index < -0.39 is 5.60 Å². The molecule has 1 amide bonds. The van der Waals surface area contributed by atoms with Crippen LogP contribution in [0.1, 0.15) is 47.0 Å². The summed E-state index contributed by atoms with van der Waals surface area (Å²) < 4.78 is 5.28. The first-order valence-corrected chi connectivity index (χ1v) is 5.87. The Morgan fingerprint density at radius 3 is 2.41 bits per heavy atom. The van der Waals surface area contributed by atoms with Crippen LogP contribution >= 0.6 is 0 Å². The fraction of sp³-hybridized carbons (Fsp3) is 0.833. The van der Waals surface area contributed by atoms with Crippen LogP contribution in [0.5, 0.6) is 0 Å². The molecule has 4 nitrogen and oxygen atoms in total. The largest absolute Gasteiger partial charge is 0.444 e. The quantitative estimate of drug-likeness (QED) is 0.779. The molecule has 1 aliphatic heterocycles. The van der Waals surface area contributed by atoms with Crippen molar-refractivity contribution in [2.45, 2.75) is 58.6 Å². The topological polar surface area (TPSA) is 46.6 Å². The van der Waals surface area contributed by atoms with Crippen LogP contribution in [0.3, 0.4) is 0 Å². The molecule has 17 heavy (non-hydrogen) atoms. The van der Waals surface area contributed by atoms with Crippen molar-refractivity contribution in [3.8, 4) is 0 Å². The van der Waals surface area contributed by atoms with E-state index in [1.165, 1.54) is 0 Å². The molecular weight excluding hydrogens is 257 g/mol. The molecule has 1 heterocycles. The monoisotopic (exact) mass is 278 g/mol. The number of carbonyl (C=O) groups excluding carboxylic acids is 2. The van der Waals surface area contributed by atoms with Gasteiger partial charge in [-0.1, -0.05) is 6.92 Å². The molecule has 5 heteroatoms. The summed E-state index contributed by atoms with van der Waals surface area (Å²) in [6, 6.07) is -0.264. The Labute approximate surface area is 115 Å². The van der Waals surface area contributed by atoms with Crippen LogP contribution < -0.4 is 0 Å². The summed E-state index contributed by atoms with van der Waals surface area (Å²) in [6.07, 6.45) is 1.77. The number of hydrogen-bond donors (Lipinski definition) is 0. The average molecular weight is 278 g/mol. The number of carbonyl (C=O) groups is 2. The Morgan fingerprint density at radius 2 is 1.94 bits per heavy atom. The second-order valence-corrected chi connectivity index (χ2v) is 5.15. The molecular formula is C12H21NO3V. The number of likely N-dealkylation sites (tertiary alicyclic amines) is 1. The zero-order valence-electron chi connectivity index (χ0n) is 11.0. The number of rotatable bonds is 2. The van der Waals surface area contributed by atoms with Gasteiger partial charge in [0.25, 0.3) is 0 Å². The summed E-state index contributed by atoms with van der Waals surface area (Å²) in [5, 5.41) is 0. The summed E-state index contributed by atoms with van der Waals surface area (Å²) >= 11 is 0. The van der Waals surface area contributed by atoms with Crippen LogP contribution in [0.4, 0.5) is 4.79 Å². The molecule has 0 aromatic heterocycles. The van der Waals surface area contributed by atoms with Crippen LogP contribution in [-0.2, 0) is 28.1 Å². The number of hydrogen-bond acceptors (Lipinski definition) is 3. The van der Waals surface area contributed by atoms with Gasteiger partial charge in [-0.2, -0.15) is 0 Å². The average Bonchev–Trinajstić information content (AvgIpc) is 2.62. The van der Waals surface area contributed by atoms with Gasteiger partial charge in [-0.15, -0.1) is 0 Å². The fourth-order valence-corrected chi connectivity index (χ4v) is 1.88. The van der Waals surface area contributed by atoms with Gasteiger partial charge in [0.2, 0.25) is 0 Å². The maximum atomic E-state index is 11.8. The van der Waals surface area contributed by atoms with E-state index in [4.69, 9.17) is 4.74 Å². The molecule has 1 radical (unpaired) electrons. The summed E-state index contributed by atoms with van der Waals surface area (Å²) in [6.45, 7) is 7.95. The van der Waals surface area contributed by atoms with Crippen LogP contribution in [0.15, 0.2) is 0 Å². The van der Waals surface area contributed by atoms with Gasteiger partial charge in [-0.05, 0) is 33.6 Å². The smallest absolute Gasteiger partial charge is 0.410 e. The predicted octanol–water partition coefficient (Wildman–Crippen LogP) is 2.36. The normalized spacial score (nSPS) is 19.8. The van der Waals surface area contributed by atoms with E-state index in [1.54, 1.807) is 4.90 Å². The van der Waals surface area contributed by atoms with Gasteiger partial charge in [-0.25, -0.2) is 4.79 Å². The summed E-state index contributed by atoms with van der Waals surface area (Å²) in [7, 11) is 0. The van der Waals surface area contributed by atoms with Crippen LogP contribution in [0.2, 0.25) is 0 Å². The summed E-state index contributed by atoms with van der Waals surface area (Å²) in [4.78, 5) is 25.1. The molecule has 1 atom stereocenters. The number of Topliss-reactive ketones (excluding diaryl/α,β-unsaturated/α-hetero) is 1. The second kappa shape index (κ2) is 6.46. The number of ketones is 1. The molecule has 0 bridgehead atoms. The molecule has 0 spiro atoms. The van der Waals surface area contributed by atoms with Gasteiger partial charge < -0.3 is 4.74 Å². The maximum absolute atomic E-state index is 11.8. The Morgan fingerprint density at radius 1 is 1.35 bits per heavy atom. The second-order valence-electron chi connectivity index (χ2n) is 5.15. The molecule has 1 rings (SSSR count). The Kier molecular flexibility index (Phi) is 6.27. The van der Waals surface area contributed by atoms with E-state index in [2.05, 4.69) is 0 Å². The van der Waals surface area contributed by atoms with Crippen molar-refractivity contribution in [3.05, 3.63) is 0 Å². The standard InChI is InChI=1S/C12H21NO3.V/c1-5-10(14)9-7-6-8-13(9)11(15)16-12(2,3)4;/h9H,5-8H2,1-4H3;. The van der Waals surface area contributed by atoms with Crippen LogP contribution in [-0.4, -0.2) is 35.0 Å². The van der Waals surface area contributed by atoms with Crippen molar-refractivity contribution < 1.29 is 32.9 Å². The van der Waals surface area contributed by atoms with Gasteiger partial charge in [-0.3, -0.25) is 9.69 Å². The molecule has 1 saturated heterocycles. The summed E-state index contributed by atoms with van der Waals surface area (Å²) in [5.41, 5.74) is -0.501. The first-order valence-electron chi connectivity index (χ1n) is 5.87. The molecule has 97 valence electrons. The first-order chi connectivity index (χ1) is 7.35. The minimum atomic E-state index is -0.501. The van der Waals surface area contributed by atoms with E-state index >= 15 is 0 Å². The molecule has 0 saturated carbocycles. The molecule has 0 aromatic carbocycles. The molecule has 1 unspecified atom stereocenters. The zero-order chi connectivity index (χ0) is 12.3. The van der Waals surface area contributed by atoms with Crippen molar-refractivity contribution in [1.29, 1.82) is 0 Å². The number of ether oxygens (including phenoxy) is 1. The number of amides is 1. The van der Waals surface area contributed by atoms with Gasteiger partial charge >= 0.3 is 6.09 Å². The molecule has 0 aliphatic carbocycles. The van der Waals surface area contributed by atoms with Crippen molar-refractivity contribution in [2.75, 3.05) is 6.54 Å². The van der Waals surface area contributed by atoms with Crippen molar-refractivity contribution in [3.63, 3.8) is 0 Å². The number of nitrogens with zero attached hydrogens (tertiary/aromatic N) is 1.